The first-order valence-corrected chi connectivity index (χ1v) is 7.70. The number of rotatable bonds is 6. The molecule has 6 nitrogen and oxygen atoms in total. The maximum absolute atomic E-state index is 12.4. The number of aromatic nitrogens is 2. The number of anilines is 1. The van der Waals surface area contributed by atoms with Gasteiger partial charge in [-0.25, -0.2) is 4.79 Å². The van der Waals surface area contributed by atoms with Crippen molar-refractivity contribution in [2.75, 3.05) is 11.9 Å². The molecule has 2 aromatic rings. The average molecular weight is 315 g/mol. The molecule has 0 aliphatic carbocycles. The Kier molecular flexibility index (Phi) is 5.51. The zero-order chi connectivity index (χ0) is 16.8. The van der Waals surface area contributed by atoms with Crippen LogP contribution in [0.3, 0.4) is 0 Å². The van der Waals surface area contributed by atoms with Crippen LogP contribution in [-0.2, 0) is 4.74 Å². The second-order valence-corrected chi connectivity index (χ2v) is 5.17. The summed E-state index contributed by atoms with van der Waals surface area (Å²) in [5.74, 6) is -0.553. The van der Waals surface area contributed by atoms with E-state index in [1.165, 1.54) is 10.7 Å². The summed E-state index contributed by atoms with van der Waals surface area (Å²) in [5.41, 5.74) is 0.791. The highest BCUT2D eigenvalue weighted by Crippen LogP contribution is 2.15. The van der Waals surface area contributed by atoms with E-state index in [-0.39, 0.29) is 23.9 Å². The summed E-state index contributed by atoms with van der Waals surface area (Å²) in [6, 6.07) is 10.5. The van der Waals surface area contributed by atoms with E-state index >= 15 is 0 Å². The lowest BCUT2D eigenvalue weighted by molar-refractivity contribution is 0.0518. The van der Waals surface area contributed by atoms with Crippen LogP contribution in [0.15, 0.2) is 41.2 Å². The minimum Gasteiger partial charge on any atom is -0.461 e. The summed E-state index contributed by atoms with van der Waals surface area (Å²) in [6.07, 6.45) is 0.851. The van der Waals surface area contributed by atoms with Crippen LogP contribution in [0.1, 0.15) is 37.7 Å². The first kappa shape index (κ1) is 16.7. The molecule has 0 radical (unpaired) electrons. The maximum Gasteiger partial charge on any atom is 0.360 e. The van der Waals surface area contributed by atoms with Gasteiger partial charge in [0.25, 0.3) is 5.56 Å². The highest BCUT2D eigenvalue weighted by atomic mass is 16.5. The van der Waals surface area contributed by atoms with E-state index in [1.54, 1.807) is 31.2 Å². The number of nitrogens with one attached hydrogen (secondary N) is 1. The van der Waals surface area contributed by atoms with Gasteiger partial charge in [0.05, 0.1) is 18.0 Å². The highest BCUT2D eigenvalue weighted by Gasteiger charge is 2.19. The third-order valence-corrected chi connectivity index (χ3v) is 3.42. The van der Waals surface area contributed by atoms with Crippen molar-refractivity contribution in [3.63, 3.8) is 0 Å². The summed E-state index contributed by atoms with van der Waals surface area (Å²) in [5, 5.41) is 7.36. The van der Waals surface area contributed by atoms with Crippen molar-refractivity contribution in [2.45, 2.75) is 33.2 Å². The molecular formula is C17H21N3O3. The van der Waals surface area contributed by atoms with Gasteiger partial charge in [-0.2, -0.15) is 9.78 Å². The minimum absolute atomic E-state index is 0.107. The third kappa shape index (κ3) is 3.97. The average Bonchev–Trinajstić information content (AvgIpc) is 2.55. The van der Waals surface area contributed by atoms with E-state index in [9.17, 15) is 9.59 Å². The zero-order valence-corrected chi connectivity index (χ0v) is 13.6. The predicted octanol–water partition coefficient (Wildman–Crippen LogP) is 2.62. The van der Waals surface area contributed by atoms with E-state index < -0.39 is 5.97 Å². The summed E-state index contributed by atoms with van der Waals surface area (Å²) in [6.45, 7) is 5.96. The Morgan fingerprint density at radius 3 is 2.61 bits per heavy atom. The molecule has 122 valence electrons. The second-order valence-electron chi connectivity index (χ2n) is 5.17. The molecule has 0 amide bonds. The van der Waals surface area contributed by atoms with E-state index in [0.717, 1.165) is 6.42 Å². The Hall–Kier alpha value is -2.63. The Bertz CT molecular complexity index is 726. The maximum atomic E-state index is 12.4. The van der Waals surface area contributed by atoms with Crippen molar-refractivity contribution in [1.82, 2.24) is 9.78 Å². The van der Waals surface area contributed by atoms with Crippen LogP contribution in [-0.4, -0.2) is 28.4 Å². The van der Waals surface area contributed by atoms with Crippen molar-refractivity contribution in [3.8, 4) is 5.69 Å². The van der Waals surface area contributed by atoms with Crippen LogP contribution in [0, 0.1) is 0 Å². The number of carbonyl (C=O) groups is 1. The fourth-order valence-corrected chi connectivity index (χ4v) is 2.04. The first-order chi connectivity index (χ1) is 11.1. The van der Waals surface area contributed by atoms with E-state index in [0.29, 0.717) is 11.4 Å². The van der Waals surface area contributed by atoms with Gasteiger partial charge in [0.2, 0.25) is 0 Å². The summed E-state index contributed by atoms with van der Waals surface area (Å²) < 4.78 is 6.26. The van der Waals surface area contributed by atoms with Crippen molar-refractivity contribution in [2.24, 2.45) is 0 Å². The molecule has 1 aromatic carbocycles. The molecule has 1 atom stereocenters. The van der Waals surface area contributed by atoms with Gasteiger partial charge in [0.1, 0.15) is 0 Å². The van der Waals surface area contributed by atoms with E-state index in [4.69, 9.17) is 4.74 Å². The third-order valence-electron chi connectivity index (χ3n) is 3.42. The fraction of sp³-hybridized carbons (Fsp3) is 0.353. The number of para-hydroxylation sites is 1. The Morgan fingerprint density at radius 2 is 2.00 bits per heavy atom. The van der Waals surface area contributed by atoms with Crippen molar-refractivity contribution in [3.05, 3.63) is 52.4 Å². The monoisotopic (exact) mass is 315 g/mol. The van der Waals surface area contributed by atoms with Crippen LogP contribution in [0.25, 0.3) is 5.69 Å². The first-order valence-electron chi connectivity index (χ1n) is 7.70. The Labute approximate surface area is 135 Å². The lowest BCUT2D eigenvalue weighted by atomic mass is 10.2. The van der Waals surface area contributed by atoms with Crippen LogP contribution >= 0.6 is 0 Å². The highest BCUT2D eigenvalue weighted by molar-refractivity contribution is 5.93. The van der Waals surface area contributed by atoms with Crippen LogP contribution < -0.4 is 10.9 Å². The fourth-order valence-electron chi connectivity index (χ4n) is 2.04. The second kappa shape index (κ2) is 7.58. The summed E-state index contributed by atoms with van der Waals surface area (Å²) in [7, 11) is 0. The number of hydrogen-bond donors (Lipinski definition) is 1. The standard InChI is InChI=1S/C17H21N3O3/c1-4-12(3)18-14-11-15(21)20(13-9-7-6-8-10-13)19-16(14)17(22)23-5-2/h6-12,18H,4-5H2,1-3H3. The molecule has 23 heavy (non-hydrogen) atoms. The molecule has 0 fully saturated rings. The van der Waals surface area contributed by atoms with Crippen molar-refractivity contribution in [1.29, 1.82) is 0 Å². The molecule has 1 heterocycles. The van der Waals surface area contributed by atoms with Gasteiger partial charge in [-0.05, 0) is 32.4 Å². The number of ether oxygens (including phenoxy) is 1. The largest absolute Gasteiger partial charge is 0.461 e. The molecular weight excluding hydrogens is 294 g/mol. The Morgan fingerprint density at radius 1 is 1.30 bits per heavy atom. The van der Waals surface area contributed by atoms with E-state index in [1.807, 2.05) is 19.9 Å². The molecule has 1 aromatic heterocycles. The number of hydrogen-bond acceptors (Lipinski definition) is 5. The molecule has 0 saturated carbocycles. The van der Waals surface area contributed by atoms with Crippen LogP contribution in [0.4, 0.5) is 5.69 Å². The molecule has 0 aliphatic heterocycles. The van der Waals surface area contributed by atoms with Gasteiger partial charge in [0, 0.05) is 12.1 Å². The zero-order valence-electron chi connectivity index (χ0n) is 13.6. The van der Waals surface area contributed by atoms with Gasteiger partial charge in [-0.3, -0.25) is 4.79 Å². The normalized spacial score (nSPS) is 11.8. The number of carbonyl (C=O) groups excluding carboxylic acids is 1. The van der Waals surface area contributed by atoms with Gasteiger partial charge in [0.15, 0.2) is 5.69 Å². The SMILES string of the molecule is CCOC(=O)c1nn(-c2ccccc2)c(=O)cc1NC(C)CC. The molecule has 0 saturated heterocycles. The Balaban J connectivity index is 2.54. The van der Waals surface area contributed by atoms with Crippen molar-refractivity contribution >= 4 is 11.7 Å². The molecule has 1 unspecified atom stereocenters. The quantitative estimate of drug-likeness (QED) is 0.830. The minimum atomic E-state index is -0.553. The summed E-state index contributed by atoms with van der Waals surface area (Å²) in [4.78, 5) is 24.5. The van der Waals surface area contributed by atoms with Gasteiger partial charge in [-0.1, -0.05) is 25.1 Å². The molecule has 2 rings (SSSR count). The number of nitrogens with zero attached hydrogens (tertiary/aromatic N) is 2. The van der Waals surface area contributed by atoms with Crippen LogP contribution in [0.2, 0.25) is 0 Å². The molecule has 0 spiro atoms. The molecule has 0 bridgehead atoms. The number of benzene rings is 1. The van der Waals surface area contributed by atoms with Crippen molar-refractivity contribution < 1.29 is 9.53 Å². The lowest BCUT2D eigenvalue weighted by Crippen LogP contribution is -2.27. The topological polar surface area (TPSA) is 73.2 Å². The molecule has 6 heteroatoms. The smallest absolute Gasteiger partial charge is 0.360 e. The van der Waals surface area contributed by atoms with Gasteiger partial charge < -0.3 is 10.1 Å². The van der Waals surface area contributed by atoms with Crippen LogP contribution in [0.5, 0.6) is 0 Å². The predicted molar refractivity (Wildman–Crippen MR) is 89.2 cm³/mol. The number of esters is 1. The van der Waals surface area contributed by atoms with E-state index in [2.05, 4.69) is 10.4 Å². The molecule has 1 N–H and O–H groups in total. The lowest BCUT2D eigenvalue weighted by Gasteiger charge is -2.16. The summed E-state index contributed by atoms with van der Waals surface area (Å²) >= 11 is 0. The van der Waals surface area contributed by atoms with Gasteiger partial charge in [-0.15, -0.1) is 0 Å². The van der Waals surface area contributed by atoms with Gasteiger partial charge >= 0.3 is 5.97 Å². The molecule has 0 aliphatic rings.